The van der Waals surface area contributed by atoms with E-state index in [0.717, 1.165) is 12.1 Å². The topological polar surface area (TPSA) is 147 Å². The number of rotatable bonds is 10. The van der Waals surface area contributed by atoms with E-state index in [-0.39, 0.29) is 47.7 Å². The molecule has 1 aliphatic rings. The first kappa shape index (κ1) is 29.2. The molecule has 1 fully saturated rings. The Labute approximate surface area is 243 Å². The van der Waals surface area contributed by atoms with E-state index in [1.165, 1.54) is 10.4 Å². The number of benzene rings is 2. The lowest BCUT2D eigenvalue weighted by atomic mass is 10.0. The first-order valence-corrected chi connectivity index (χ1v) is 15.3. The Bertz CT molecular complexity index is 1830. The van der Waals surface area contributed by atoms with Gasteiger partial charge in [0.25, 0.3) is 5.56 Å². The number of nitrogens with zero attached hydrogens (tertiary/aromatic N) is 3. The van der Waals surface area contributed by atoms with Gasteiger partial charge >= 0.3 is 0 Å². The van der Waals surface area contributed by atoms with Gasteiger partial charge in [-0.25, -0.2) is 13.4 Å². The lowest BCUT2D eigenvalue weighted by Gasteiger charge is -2.27. The quantitative estimate of drug-likeness (QED) is 0.266. The second kappa shape index (κ2) is 12.3. The number of carbonyl (C=O) groups is 1. The molecule has 3 heterocycles. The van der Waals surface area contributed by atoms with Gasteiger partial charge in [0.2, 0.25) is 10.0 Å². The molecule has 0 unspecified atom stereocenters. The zero-order valence-electron chi connectivity index (χ0n) is 23.8. The van der Waals surface area contributed by atoms with Crippen LogP contribution in [0.3, 0.4) is 0 Å². The van der Waals surface area contributed by atoms with Crippen molar-refractivity contribution in [3.05, 3.63) is 81.0 Å². The first-order valence-electron chi connectivity index (χ1n) is 13.8. The van der Waals surface area contributed by atoms with Crippen LogP contribution in [0.1, 0.15) is 49.3 Å². The van der Waals surface area contributed by atoms with Gasteiger partial charge in [0.1, 0.15) is 22.8 Å². The summed E-state index contributed by atoms with van der Waals surface area (Å²) in [5, 5.41) is 7.00. The van der Waals surface area contributed by atoms with Crippen molar-refractivity contribution in [2.24, 2.45) is 0 Å². The molecule has 0 atom stereocenters. The SMILES string of the molecule is CCCc1[nH]nc2c(=O)[nH]c(Cc3cc(S(=O)(=O)N4CCC(=O)/C(=C/c5ccccc5OC)C4)ccc3OCC)nc12. The minimum atomic E-state index is -3.97. The number of ketones is 1. The van der Waals surface area contributed by atoms with E-state index < -0.39 is 10.0 Å². The zero-order chi connectivity index (χ0) is 29.9. The molecule has 11 nitrogen and oxygen atoms in total. The molecule has 12 heteroatoms. The van der Waals surface area contributed by atoms with Gasteiger partial charge in [0.15, 0.2) is 11.3 Å². The molecule has 4 aromatic rings. The summed E-state index contributed by atoms with van der Waals surface area (Å²) in [7, 11) is -2.43. The van der Waals surface area contributed by atoms with E-state index in [9.17, 15) is 18.0 Å². The van der Waals surface area contributed by atoms with Crippen molar-refractivity contribution in [2.75, 3.05) is 26.8 Å². The molecule has 42 heavy (non-hydrogen) atoms. The highest BCUT2D eigenvalue weighted by Crippen LogP contribution is 2.30. The Morgan fingerprint density at radius 3 is 2.64 bits per heavy atom. The van der Waals surface area contributed by atoms with Crippen molar-refractivity contribution < 1.29 is 22.7 Å². The number of nitrogens with one attached hydrogen (secondary N) is 2. The number of sulfonamides is 1. The van der Waals surface area contributed by atoms with Crippen LogP contribution in [0.25, 0.3) is 17.1 Å². The Hall–Kier alpha value is -4.29. The van der Waals surface area contributed by atoms with Crippen molar-refractivity contribution in [1.29, 1.82) is 0 Å². The molecule has 5 rings (SSSR count). The maximum atomic E-state index is 13.8. The van der Waals surface area contributed by atoms with Gasteiger partial charge in [-0.05, 0) is 43.7 Å². The molecule has 0 spiro atoms. The molecule has 0 radical (unpaired) electrons. The van der Waals surface area contributed by atoms with Gasteiger partial charge < -0.3 is 14.5 Å². The highest BCUT2D eigenvalue weighted by molar-refractivity contribution is 7.89. The number of H-pyrrole nitrogens is 2. The van der Waals surface area contributed by atoms with Gasteiger partial charge in [-0.3, -0.25) is 14.7 Å². The van der Waals surface area contributed by atoms with Crippen LogP contribution in [0.2, 0.25) is 0 Å². The molecule has 1 saturated heterocycles. The predicted molar refractivity (Wildman–Crippen MR) is 158 cm³/mol. The predicted octanol–water partition coefficient (Wildman–Crippen LogP) is 3.64. The van der Waals surface area contributed by atoms with E-state index in [2.05, 4.69) is 20.2 Å². The molecule has 2 N–H and O–H groups in total. The van der Waals surface area contributed by atoms with Crippen molar-refractivity contribution in [2.45, 2.75) is 44.4 Å². The maximum Gasteiger partial charge on any atom is 0.279 e. The summed E-state index contributed by atoms with van der Waals surface area (Å²) in [6, 6.07) is 11.9. The van der Waals surface area contributed by atoms with Crippen molar-refractivity contribution in [1.82, 2.24) is 24.5 Å². The number of aryl methyl sites for hydroxylation is 1. The molecule has 0 bridgehead atoms. The van der Waals surface area contributed by atoms with E-state index >= 15 is 0 Å². The summed E-state index contributed by atoms with van der Waals surface area (Å²) in [4.78, 5) is 33.0. The fourth-order valence-electron chi connectivity index (χ4n) is 5.04. The number of ether oxygens (including phenoxy) is 2. The van der Waals surface area contributed by atoms with Crippen LogP contribution in [-0.4, -0.2) is 65.5 Å². The number of carbonyl (C=O) groups excluding carboxylic acids is 1. The summed E-state index contributed by atoms with van der Waals surface area (Å²) in [5.74, 6) is 1.35. The minimum absolute atomic E-state index is 0.0605. The van der Waals surface area contributed by atoms with Crippen molar-refractivity contribution >= 4 is 32.9 Å². The second-order valence-electron chi connectivity index (χ2n) is 9.96. The third-order valence-corrected chi connectivity index (χ3v) is 8.96. The summed E-state index contributed by atoms with van der Waals surface area (Å²) >= 11 is 0. The normalized spacial score (nSPS) is 15.4. The number of para-hydroxylation sites is 1. The van der Waals surface area contributed by atoms with E-state index in [1.807, 2.05) is 32.0 Å². The van der Waals surface area contributed by atoms with Crippen LogP contribution >= 0.6 is 0 Å². The Morgan fingerprint density at radius 1 is 1.07 bits per heavy atom. The van der Waals surface area contributed by atoms with Crippen LogP contribution in [-0.2, 0) is 27.7 Å². The highest BCUT2D eigenvalue weighted by atomic mass is 32.2. The van der Waals surface area contributed by atoms with Gasteiger partial charge in [-0.2, -0.15) is 9.40 Å². The maximum absolute atomic E-state index is 13.8. The molecule has 1 aliphatic heterocycles. The molecule has 2 aromatic carbocycles. The summed E-state index contributed by atoms with van der Waals surface area (Å²) < 4.78 is 40.2. The minimum Gasteiger partial charge on any atom is -0.496 e. The van der Waals surface area contributed by atoms with Crippen LogP contribution in [0.5, 0.6) is 11.5 Å². The number of piperidine rings is 1. The highest BCUT2D eigenvalue weighted by Gasteiger charge is 2.32. The summed E-state index contributed by atoms with van der Waals surface area (Å²) in [5.41, 5.74) is 2.78. The number of Topliss-reactive ketones (excluding diaryl/α,β-unsaturated/α-hetero) is 1. The Morgan fingerprint density at radius 2 is 1.88 bits per heavy atom. The number of fused-ring (bicyclic) bond motifs is 1. The van der Waals surface area contributed by atoms with Gasteiger partial charge in [-0.15, -0.1) is 0 Å². The van der Waals surface area contributed by atoms with Crippen molar-refractivity contribution in [3.8, 4) is 11.5 Å². The van der Waals surface area contributed by atoms with Crippen LogP contribution in [0.15, 0.2) is 57.7 Å². The molecule has 2 aromatic heterocycles. The zero-order valence-corrected chi connectivity index (χ0v) is 24.6. The van der Waals surface area contributed by atoms with Crippen LogP contribution < -0.4 is 15.0 Å². The molecule has 0 saturated carbocycles. The van der Waals surface area contributed by atoms with Gasteiger partial charge in [0, 0.05) is 42.6 Å². The van der Waals surface area contributed by atoms with E-state index in [4.69, 9.17) is 9.47 Å². The second-order valence-corrected chi connectivity index (χ2v) is 11.9. The summed E-state index contributed by atoms with van der Waals surface area (Å²) in [6.07, 6.45) is 3.44. The molecule has 0 amide bonds. The average Bonchev–Trinajstić information content (AvgIpc) is 3.38. The van der Waals surface area contributed by atoms with Crippen LogP contribution in [0.4, 0.5) is 0 Å². The standard InChI is InChI=1S/C30H33N5O6S/c1-4-8-23-28-29(34-33-23)30(37)32-27(31-28)17-20-16-22(11-12-26(20)41-5-2)42(38,39)35-14-13-24(36)21(18-35)15-19-9-6-7-10-25(19)40-3/h6-7,9-12,15-16H,4-5,8,13-14,17-18H2,1-3H3,(H,33,34)(H,31,32,37)/b21-15+. The van der Waals surface area contributed by atoms with Crippen LogP contribution in [0, 0.1) is 0 Å². The molecular weight excluding hydrogens is 558 g/mol. The molecule has 0 aliphatic carbocycles. The third kappa shape index (κ3) is 5.86. The Kier molecular flexibility index (Phi) is 8.55. The number of hydrogen-bond donors (Lipinski definition) is 2. The average molecular weight is 592 g/mol. The third-order valence-electron chi connectivity index (χ3n) is 7.12. The fraction of sp³-hybridized carbons (Fsp3) is 0.333. The lowest BCUT2D eigenvalue weighted by molar-refractivity contribution is -0.116. The smallest absolute Gasteiger partial charge is 0.279 e. The number of methoxy groups -OCH3 is 1. The van der Waals surface area contributed by atoms with Crippen molar-refractivity contribution in [3.63, 3.8) is 0 Å². The molecule has 220 valence electrons. The molecular formula is C30H33N5O6S. The van der Waals surface area contributed by atoms with E-state index in [1.54, 1.807) is 31.4 Å². The lowest BCUT2D eigenvalue weighted by Crippen LogP contribution is -2.40. The number of hydrogen-bond acceptors (Lipinski definition) is 8. The van der Waals surface area contributed by atoms with Gasteiger partial charge in [-0.1, -0.05) is 31.5 Å². The van der Waals surface area contributed by atoms with E-state index in [0.29, 0.717) is 52.6 Å². The summed E-state index contributed by atoms with van der Waals surface area (Å²) in [6.45, 7) is 4.24. The van der Waals surface area contributed by atoms with Gasteiger partial charge in [0.05, 0.1) is 24.3 Å². The largest absolute Gasteiger partial charge is 0.496 e. The number of aromatic nitrogens is 4. The number of aromatic amines is 2. The fourth-order valence-corrected chi connectivity index (χ4v) is 6.51. The monoisotopic (exact) mass is 591 g/mol. The Balaban J connectivity index is 1.48. The first-order chi connectivity index (χ1) is 20.2.